The highest BCUT2D eigenvalue weighted by Crippen LogP contribution is 2.28. The number of nitrogens with zero attached hydrogens (tertiary/aromatic N) is 1. The maximum Gasteiger partial charge on any atom is 0.240 e. The first-order valence-corrected chi connectivity index (χ1v) is 8.69. The molecule has 1 atom stereocenters. The first-order chi connectivity index (χ1) is 12.7. The fourth-order valence-electron chi connectivity index (χ4n) is 3.27. The predicted octanol–water partition coefficient (Wildman–Crippen LogP) is 4.78. The van der Waals surface area contributed by atoms with Crippen LogP contribution in [0.3, 0.4) is 0 Å². The Labute approximate surface area is 152 Å². The maximum absolute atomic E-state index is 12.7. The number of para-hydroxylation sites is 1. The lowest BCUT2D eigenvalue weighted by molar-refractivity contribution is -0.122. The molecule has 0 aliphatic heterocycles. The number of carbonyl (C=O) groups is 1. The van der Waals surface area contributed by atoms with Gasteiger partial charge < -0.3 is 14.3 Å². The molecule has 26 heavy (non-hydrogen) atoms. The zero-order valence-electron chi connectivity index (χ0n) is 14.6. The van der Waals surface area contributed by atoms with Gasteiger partial charge in [-0.25, -0.2) is 0 Å². The molecule has 4 rings (SSSR count). The Kier molecular flexibility index (Phi) is 4.32. The van der Waals surface area contributed by atoms with Crippen molar-refractivity contribution in [2.24, 2.45) is 0 Å². The molecule has 0 saturated heterocycles. The van der Waals surface area contributed by atoms with Gasteiger partial charge in [0.05, 0.1) is 12.3 Å². The number of nitrogens with one attached hydrogen (secondary N) is 1. The van der Waals surface area contributed by atoms with Crippen LogP contribution in [0, 0.1) is 0 Å². The smallest absolute Gasteiger partial charge is 0.240 e. The molecule has 4 aromatic rings. The predicted molar refractivity (Wildman–Crippen MR) is 103 cm³/mol. The lowest BCUT2D eigenvalue weighted by Crippen LogP contribution is -2.30. The molecule has 0 aliphatic rings. The first kappa shape index (κ1) is 16.2. The number of amides is 1. The van der Waals surface area contributed by atoms with E-state index in [0.29, 0.717) is 0 Å². The molecule has 2 aromatic heterocycles. The van der Waals surface area contributed by atoms with Crippen LogP contribution in [0.4, 0.5) is 0 Å². The minimum atomic E-state index is -0.167. The molecule has 1 amide bonds. The summed E-state index contributed by atoms with van der Waals surface area (Å²) in [6.07, 6.45) is 1.62. The Bertz CT molecular complexity index is 1020. The monoisotopic (exact) mass is 344 g/mol. The SMILES string of the molecule is C[C@H](NC(=O)Cn1c(-c2ccccc2)cc2ccccc21)c1ccco1. The number of benzene rings is 2. The number of rotatable bonds is 5. The highest BCUT2D eigenvalue weighted by atomic mass is 16.3. The fourth-order valence-corrected chi connectivity index (χ4v) is 3.27. The summed E-state index contributed by atoms with van der Waals surface area (Å²) in [7, 11) is 0. The number of hydrogen-bond acceptors (Lipinski definition) is 2. The van der Waals surface area contributed by atoms with Gasteiger partial charge >= 0.3 is 0 Å². The molecule has 2 aromatic carbocycles. The van der Waals surface area contributed by atoms with Gasteiger partial charge in [-0.05, 0) is 36.8 Å². The fraction of sp³-hybridized carbons (Fsp3) is 0.136. The summed E-state index contributed by atoms with van der Waals surface area (Å²) >= 11 is 0. The molecule has 0 bridgehead atoms. The second-order valence-corrected chi connectivity index (χ2v) is 6.35. The Morgan fingerprint density at radius 2 is 1.81 bits per heavy atom. The second-order valence-electron chi connectivity index (χ2n) is 6.35. The van der Waals surface area contributed by atoms with Crippen molar-refractivity contribution in [2.75, 3.05) is 0 Å². The van der Waals surface area contributed by atoms with Crippen molar-refractivity contribution in [1.29, 1.82) is 0 Å². The van der Waals surface area contributed by atoms with Crippen molar-refractivity contribution < 1.29 is 9.21 Å². The molecule has 0 spiro atoms. The number of aromatic nitrogens is 1. The second kappa shape index (κ2) is 6.92. The summed E-state index contributed by atoms with van der Waals surface area (Å²) in [4.78, 5) is 12.7. The summed E-state index contributed by atoms with van der Waals surface area (Å²) in [6.45, 7) is 2.17. The third-order valence-corrected chi connectivity index (χ3v) is 4.53. The van der Waals surface area contributed by atoms with E-state index in [1.807, 2.05) is 55.5 Å². The van der Waals surface area contributed by atoms with Crippen molar-refractivity contribution in [3.05, 3.63) is 84.8 Å². The van der Waals surface area contributed by atoms with Crippen molar-refractivity contribution >= 4 is 16.8 Å². The molecule has 0 unspecified atom stereocenters. The van der Waals surface area contributed by atoms with Gasteiger partial charge in [0, 0.05) is 16.6 Å². The van der Waals surface area contributed by atoms with E-state index in [1.54, 1.807) is 6.26 Å². The van der Waals surface area contributed by atoms with Crippen LogP contribution in [0.1, 0.15) is 18.7 Å². The van der Waals surface area contributed by atoms with E-state index in [1.165, 1.54) is 0 Å². The summed E-state index contributed by atoms with van der Waals surface area (Å²) in [6, 6.07) is 23.9. The molecule has 0 aliphatic carbocycles. The van der Waals surface area contributed by atoms with Crippen LogP contribution < -0.4 is 5.32 Å². The van der Waals surface area contributed by atoms with Gasteiger partial charge in [-0.3, -0.25) is 4.79 Å². The van der Waals surface area contributed by atoms with Crippen LogP contribution in [0.25, 0.3) is 22.2 Å². The Hall–Kier alpha value is -3.27. The van der Waals surface area contributed by atoms with Gasteiger partial charge in [-0.1, -0.05) is 48.5 Å². The van der Waals surface area contributed by atoms with Crippen LogP contribution >= 0.6 is 0 Å². The van der Waals surface area contributed by atoms with Crippen molar-refractivity contribution in [3.63, 3.8) is 0 Å². The lowest BCUT2D eigenvalue weighted by atomic mass is 10.1. The molecule has 0 saturated carbocycles. The zero-order valence-corrected chi connectivity index (χ0v) is 14.6. The van der Waals surface area contributed by atoms with Crippen LogP contribution in [0.15, 0.2) is 83.5 Å². The Morgan fingerprint density at radius 3 is 2.58 bits per heavy atom. The highest BCUT2D eigenvalue weighted by molar-refractivity contribution is 5.89. The van der Waals surface area contributed by atoms with Crippen LogP contribution in [-0.4, -0.2) is 10.5 Å². The molecular weight excluding hydrogens is 324 g/mol. The van der Waals surface area contributed by atoms with E-state index in [-0.39, 0.29) is 18.5 Å². The molecule has 4 heteroatoms. The zero-order chi connectivity index (χ0) is 17.9. The van der Waals surface area contributed by atoms with E-state index >= 15 is 0 Å². The summed E-state index contributed by atoms with van der Waals surface area (Å²) in [5.74, 6) is 0.700. The van der Waals surface area contributed by atoms with Crippen molar-refractivity contribution in [2.45, 2.75) is 19.5 Å². The van der Waals surface area contributed by atoms with Gasteiger partial charge in [0.1, 0.15) is 12.3 Å². The molecule has 1 N–H and O–H groups in total. The first-order valence-electron chi connectivity index (χ1n) is 8.69. The van der Waals surface area contributed by atoms with Gasteiger partial charge in [0.25, 0.3) is 0 Å². The topological polar surface area (TPSA) is 47.2 Å². The molecular formula is C22H20N2O2. The number of hydrogen-bond donors (Lipinski definition) is 1. The van der Waals surface area contributed by atoms with Gasteiger partial charge in [-0.2, -0.15) is 0 Å². The molecule has 0 fully saturated rings. The summed E-state index contributed by atoms with van der Waals surface area (Å²) in [5, 5.41) is 4.13. The van der Waals surface area contributed by atoms with E-state index in [2.05, 4.69) is 34.1 Å². The molecule has 4 nitrogen and oxygen atoms in total. The quantitative estimate of drug-likeness (QED) is 0.566. The summed E-state index contributed by atoms with van der Waals surface area (Å²) in [5.41, 5.74) is 3.18. The van der Waals surface area contributed by atoms with Crippen LogP contribution in [0.2, 0.25) is 0 Å². The van der Waals surface area contributed by atoms with Crippen molar-refractivity contribution in [3.8, 4) is 11.3 Å². The van der Waals surface area contributed by atoms with Gasteiger partial charge in [0.2, 0.25) is 5.91 Å². The number of carbonyl (C=O) groups excluding carboxylic acids is 1. The third-order valence-electron chi connectivity index (χ3n) is 4.53. The Morgan fingerprint density at radius 1 is 1.04 bits per heavy atom. The molecule has 130 valence electrons. The maximum atomic E-state index is 12.7. The molecule has 0 radical (unpaired) electrons. The highest BCUT2D eigenvalue weighted by Gasteiger charge is 2.16. The van der Waals surface area contributed by atoms with Gasteiger partial charge in [0.15, 0.2) is 0 Å². The van der Waals surface area contributed by atoms with Crippen LogP contribution in [-0.2, 0) is 11.3 Å². The summed E-state index contributed by atoms with van der Waals surface area (Å²) < 4.78 is 7.44. The van der Waals surface area contributed by atoms with E-state index < -0.39 is 0 Å². The largest absolute Gasteiger partial charge is 0.467 e. The van der Waals surface area contributed by atoms with Gasteiger partial charge in [-0.15, -0.1) is 0 Å². The number of furan rings is 1. The number of fused-ring (bicyclic) bond motifs is 1. The third kappa shape index (κ3) is 3.14. The average Bonchev–Trinajstić information content (AvgIpc) is 3.31. The minimum absolute atomic E-state index is 0.0487. The average molecular weight is 344 g/mol. The Balaban J connectivity index is 1.66. The van der Waals surface area contributed by atoms with Crippen molar-refractivity contribution in [1.82, 2.24) is 9.88 Å². The minimum Gasteiger partial charge on any atom is -0.467 e. The van der Waals surface area contributed by atoms with E-state index in [4.69, 9.17) is 4.42 Å². The lowest BCUT2D eigenvalue weighted by Gasteiger charge is -2.14. The standard InChI is InChI=1S/C22H20N2O2/c1-16(21-12-7-13-26-21)23-22(25)15-24-19-11-6-5-10-18(19)14-20(24)17-8-3-2-4-9-17/h2-14,16H,15H2,1H3,(H,23,25)/t16-/m0/s1. The van der Waals surface area contributed by atoms with E-state index in [9.17, 15) is 4.79 Å². The van der Waals surface area contributed by atoms with Crippen LogP contribution in [0.5, 0.6) is 0 Å². The normalized spacial score (nSPS) is 12.2. The molecule has 2 heterocycles. The van der Waals surface area contributed by atoms with E-state index in [0.717, 1.165) is 27.9 Å².